The Morgan fingerprint density at radius 3 is 2.33 bits per heavy atom. The van der Waals surface area contributed by atoms with Crippen LogP contribution >= 0.6 is 23.2 Å². The van der Waals surface area contributed by atoms with Crippen molar-refractivity contribution in [2.75, 3.05) is 10.6 Å². The topological polar surface area (TPSA) is 54.0 Å². The number of carbonyl (C=O) groups is 1. The molecule has 1 aromatic heterocycles. The molecule has 0 atom stereocenters. The number of carbonyl (C=O) groups excluding carboxylic acids is 1. The second kappa shape index (κ2) is 7.90. The van der Waals surface area contributed by atoms with Crippen LogP contribution in [0.4, 0.5) is 11.5 Å². The highest BCUT2D eigenvalue weighted by Gasteiger charge is 2.51. The molecule has 4 aliphatic rings. The van der Waals surface area contributed by atoms with Gasteiger partial charge in [0.25, 0.3) is 0 Å². The van der Waals surface area contributed by atoms with Crippen LogP contribution < -0.4 is 10.6 Å². The summed E-state index contributed by atoms with van der Waals surface area (Å²) in [6.07, 6.45) is 12.9. The summed E-state index contributed by atoms with van der Waals surface area (Å²) in [5.41, 5.74) is 1.64. The summed E-state index contributed by atoms with van der Waals surface area (Å²) in [4.78, 5) is 16.8. The van der Waals surface area contributed by atoms with E-state index in [0.717, 1.165) is 29.1 Å². The first-order valence-electron chi connectivity index (χ1n) is 10.6. The van der Waals surface area contributed by atoms with Crippen molar-refractivity contribution in [2.24, 2.45) is 17.8 Å². The van der Waals surface area contributed by atoms with Crippen molar-refractivity contribution in [3.05, 3.63) is 58.2 Å². The number of anilines is 2. The summed E-state index contributed by atoms with van der Waals surface area (Å²) in [5.74, 6) is 3.35. The maximum Gasteiger partial charge on any atom is 0.248 e. The van der Waals surface area contributed by atoms with Crippen molar-refractivity contribution in [1.82, 2.24) is 4.98 Å². The van der Waals surface area contributed by atoms with Gasteiger partial charge in [0.15, 0.2) is 0 Å². The molecule has 6 heteroatoms. The maximum atomic E-state index is 12.2. The lowest BCUT2D eigenvalue weighted by Crippen LogP contribution is -2.54. The van der Waals surface area contributed by atoms with E-state index in [1.807, 2.05) is 12.1 Å². The van der Waals surface area contributed by atoms with Gasteiger partial charge in [0, 0.05) is 21.7 Å². The summed E-state index contributed by atoms with van der Waals surface area (Å²) >= 11 is 12.0. The normalized spacial score (nSPS) is 29.3. The van der Waals surface area contributed by atoms with Crippen LogP contribution in [0.5, 0.6) is 0 Å². The summed E-state index contributed by atoms with van der Waals surface area (Å²) in [7, 11) is 0. The SMILES string of the molecule is O=C(/C=C/c1ccc(Cl)cc1Cl)Nc1ccc(NC23CC4CC(CC(C4)C2)C3)nc1. The third-order valence-electron chi connectivity index (χ3n) is 6.84. The highest BCUT2D eigenvalue weighted by atomic mass is 35.5. The molecule has 1 amide bonds. The second-order valence-electron chi connectivity index (χ2n) is 9.24. The van der Waals surface area contributed by atoms with Gasteiger partial charge in [-0.1, -0.05) is 29.3 Å². The zero-order valence-electron chi connectivity index (χ0n) is 16.7. The van der Waals surface area contributed by atoms with Crippen LogP contribution in [0.3, 0.4) is 0 Å². The molecule has 4 nitrogen and oxygen atoms in total. The van der Waals surface area contributed by atoms with Crippen LogP contribution in [0.15, 0.2) is 42.6 Å². The number of hydrogen-bond donors (Lipinski definition) is 2. The van der Waals surface area contributed by atoms with Crippen molar-refractivity contribution in [3.8, 4) is 0 Å². The van der Waals surface area contributed by atoms with Gasteiger partial charge < -0.3 is 10.6 Å². The van der Waals surface area contributed by atoms with Crippen LogP contribution in [-0.2, 0) is 4.79 Å². The molecular weight excluding hydrogens is 417 g/mol. The first-order chi connectivity index (χ1) is 14.5. The minimum Gasteiger partial charge on any atom is -0.365 e. The summed E-state index contributed by atoms with van der Waals surface area (Å²) in [5, 5.41) is 7.68. The Balaban J connectivity index is 1.20. The minimum absolute atomic E-state index is 0.229. The Morgan fingerprint density at radius 2 is 1.73 bits per heavy atom. The monoisotopic (exact) mass is 441 g/mol. The lowest BCUT2D eigenvalue weighted by atomic mass is 9.53. The Bertz CT molecular complexity index is 951. The van der Waals surface area contributed by atoms with E-state index in [-0.39, 0.29) is 11.4 Å². The number of rotatable bonds is 5. The minimum atomic E-state index is -0.232. The molecule has 0 aliphatic heterocycles. The third kappa shape index (κ3) is 4.21. The summed E-state index contributed by atoms with van der Waals surface area (Å²) < 4.78 is 0. The maximum absolute atomic E-state index is 12.2. The predicted molar refractivity (Wildman–Crippen MR) is 123 cm³/mol. The number of aromatic nitrogens is 1. The van der Waals surface area contributed by atoms with Crippen LogP contribution in [0.25, 0.3) is 6.08 Å². The second-order valence-corrected chi connectivity index (χ2v) is 10.1. The van der Waals surface area contributed by atoms with Gasteiger partial charge in [-0.15, -0.1) is 0 Å². The highest BCUT2D eigenvalue weighted by molar-refractivity contribution is 6.35. The van der Waals surface area contributed by atoms with Gasteiger partial charge in [-0.3, -0.25) is 4.79 Å². The Hall–Kier alpha value is -2.04. The molecule has 0 spiro atoms. The molecule has 1 aromatic carbocycles. The van der Waals surface area contributed by atoms with Crippen LogP contribution in [0, 0.1) is 17.8 Å². The molecule has 0 saturated heterocycles. The molecule has 2 N–H and O–H groups in total. The predicted octanol–water partition coefficient (Wildman–Crippen LogP) is 6.42. The largest absolute Gasteiger partial charge is 0.365 e. The van der Waals surface area contributed by atoms with Crippen molar-refractivity contribution >= 4 is 46.7 Å². The quantitative estimate of drug-likeness (QED) is 0.526. The Labute approximate surface area is 187 Å². The van der Waals surface area contributed by atoms with Crippen molar-refractivity contribution in [1.29, 1.82) is 0 Å². The molecule has 2 aromatic rings. The number of benzene rings is 1. The number of pyridine rings is 1. The fraction of sp³-hybridized carbons (Fsp3) is 0.417. The molecule has 30 heavy (non-hydrogen) atoms. The first kappa shape index (κ1) is 19.9. The number of nitrogens with one attached hydrogen (secondary N) is 2. The first-order valence-corrected chi connectivity index (χ1v) is 11.4. The van der Waals surface area contributed by atoms with Gasteiger partial charge in [0.1, 0.15) is 5.82 Å². The van der Waals surface area contributed by atoms with Crippen LogP contribution in [-0.4, -0.2) is 16.4 Å². The Kier molecular flexibility index (Phi) is 5.24. The van der Waals surface area contributed by atoms with E-state index in [4.69, 9.17) is 23.2 Å². The summed E-state index contributed by atoms with van der Waals surface area (Å²) in [6.45, 7) is 0. The Morgan fingerprint density at radius 1 is 1.03 bits per heavy atom. The number of halogens is 2. The van der Waals surface area contributed by atoms with E-state index in [2.05, 4.69) is 15.6 Å². The number of nitrogens with zero attached hydrogens (tertiary/aromatic N) is 1. The van der Waals surface area contributed by atoms with Crippen molar-refractivity contribution in [3.63, 3.8) is 0 Å². The average molecular weight is 442 g/mol. The lowest BCUT2D eigenvalue weighted by molar-refractivity contribution is -0.111. The fourth-order valence-corrected chi connectivity index (χ4v) is 6.53. The van der Waals surface area contributed by atoms with Crippen LogP contribution in [0.1, 0.15) is 44.1 Å². The van der Waals surface area contributed by atoms with Gasteiger partial charge in [-0.25, -0.2) is 4.98 Å². The molecule has 6 rings (SSSR count). The van der Waals surface area contributed by atoms with E-state index >= 15 is 0 Å². The molecule has 4 fully saturated rings. The zero-order chi connectivity index (χ0) is 20.7. The van der Waals surface area contributed by atoms with Crippen molar-refractivity contribution in [2.45, 2.75) is 44.1 Å². The summed E-state index contributed by atoms with van der Waals surface area (Å²) in [6, 6.07) is 9.04. The van der Waals surface area contributed by atoms with E-state index in [1.165, 1.54) is 44.6 Å². The van der Waals surface area contributed by atoms with Crippen LogP contribution in [0.2, 0.25) is 10.0 Å². The van der Waals surface area contributed by atoms with E-state index < -0.39 is 0 Å². The van der Waals surface area contributed by atoms with Gasteiger partial charge in [0.05, 0.1) is 11.9 Å². The van der Waals surface area contributed by atoms with E-state index in [0.29, 0.717) is 15.7 Å². The molecular formula is C24H25Cl2N3O. The van der Waals surface area contributed by atoms with E-state index in [1.54, 1.807) is 30.5 Å². The molecule has 156 valence electrons. The molecule has 4 aliphatic carbocycles. The third-order valence-corrected chi connectivity index (χ3v) is 7.40. The van der Waals surface area contributed by atoms with Crippen molar-refractivity contribution < 1.29 is 4.79 Å². The van der Waals surface area contributed by atoms with E-state index in [9.17, 15) is 4.79 Å². The smallest absolute Gasteiger partial charge is 0.248 e. The molecule has 1 heterocycles. The fourth-order valence-electron chi connectivity index (χ4n) is 6.06. The molecule has 0 radical (unpaired) electrons. The zero-order valence-corrected chi connectivity index (χ0v) is 18.2. The standard InChI is InChI=1S/C24H25Cl2N3O/c25-19-3-1-18(21(26)10-19)2-6-23(30)28-20-4-5-22(27-14-20)29-24-11-15-7-16(12-24)9-17(8-15)13-24/h1-6,10,14-17H,7-9,11-13H2,(H,27,29)(H,28,30)/b6-2+. The molecule has 4 saturated carbocycles. The van der Waals surface area contributed by atoms with Gasteiger partial charge in [-0.05, 0) is 92.2 Å². The molecule has 0 unspecified atom stereocenters. The van der Waals surface area contributed by atoms with Gasteiger partial charge >= 0.3 is 0 Å². The lowest BCUT2D eigenvalue weighted by Gasteiger charge is -2.57. The van der Waals surface area contributed by atoms with Gasteiger partial charge in [-0.2, -0.15) is 0 Å². The number of hydrogen-bond acceptors (Lipinski definition) is 3. The number of amides is 1. The average Bonchev–Trinajstić information content (AvgIpc) is 2.67. The van der Waals surface area contributed by atoms with Gasteiger partial charge in [0.2, 0.25) is 5.91 Å². The highest BCUT2D eigenvalue weighted by Crippen LogP contribution is 2.56. The molecule has 4 bridgehead atoms.